The maximum absolute atomic E-state index is 2.30. The lowest BCUT2D eigenvalue weighted by atomic mass is 9.76. The Labute approximate surface area is 101 Å². The van der Waals surface area contributed by atoms with Crippen LogP contribution in [0.5, 0.6) is 0 Å². The Morgan fingerprint density at radius 3 is 1.75 bits per heavy atom. The van der Waals surface area contributed by atoms with E-state index < -0.39 is 0 Å². The van der Waals surface area contributed by atoms with Crippen molar-refractivity contribution in [3.63, 3.8) is 0 Å². The van der Waals surface area contributed by atoms with Crippen LogP contribution >= 0.6 is 0 Å². The summed E-state index contributed by atoms with van der Waals surface area (Å²) in [6.07, 6.45) is 0. The van der Waals surface area contributed by atoms with Crippen molar-refractivity contribution in [2.75, 3.05) is 0 Å². The van der Waals surface area contributed by atoms with Gasteiger partial charge in [0.1, 0.15) is 0 Å². The Morgan fingerprint density at radius 2 is 1.31 bits per heavy atom. The van der Waals surface area contributed by atoms with Gasteiger partial charge in [-0.3, -0.25) is 0 Å². The van der Waals surface area contributed by atoms with Crippen molar-refractivity contribution in [1.29, 1.82) is 0 Å². The van der Waals surface area contributed by atoms with Crippen molar-refractivity contribution in [2.45, 2.75) is 47.5 Å². The van der Waals surface area contributed by atoms with Gasteiger partial charge in [0.2, 0.25) is 0 Å². The van der Waals surface area contributed by atoms with Crippen molar-refractivity contribution in [2.24, 2.45) is 11.8 Å². The largest absolute Gasteiger partial charge is 0.0620 e. The summed E-state index contributed by atoms with van der Waals surface area (Å²) in [4.78, 5) is 0. The van der Waals surface area contributed by atoms with E-state index in [1.165, 1.54) is 11.1 Å². The molecule has 0 saturated carbocycles. The lowest BCUT2D eigenvalue weighted by molar-refractivity contribution is 0.538. The van der Waals surface area contributed by atoms with Gasteiger partial charge >= 0.3 is 0 Å². The molecule has 0 N–H and O–H groups in total. The van der Waals surface area contributed by atoms with Gasteiger partial charge in [0.05, 0.1) is 0 Å². The predicted octanol–water partition coefficient (Wildman–Crippen LogP) is 5.04. The third kappa shape index (κ3) is 2.87. The topological polar surface area (TPSA) is 0 Å². The smallest absolute Gasteiger partial charge is 0.0103 e. The van der Waals surface area contributed by atoms with Crippen LogP contribution in [0, 0.1) is 17.8 Å². The summed E-state index contributed by atoms with van der Waals surface area (Å²) in [5.41, 5.74) is 2.96. The zero-order valence-corrected chi connectivity index (χ0v) is 11.5. The summed E-state index contributed by atoms with van der Waals surface area (Å²) >= 11 is 0. The van der Waals surface area contributed by atoms with Crippen LogP contribution in [0.1, 0.15) is 58.6 Å². The Balaban J connectivity index is 3.18. The predicted molar refractivity (Wildman–Crippen MR) is 72.6 cm³/mol. The molecule has 0 heteroatoms. The van der Waals surface area contributed by atoms with Crippen LogP contribution in [0.2, 0.25) is 0 Å². The van der Waals surface area contributed by atoms with Gasteiger partial charge in [0, 0.05) is 5.92 Å². The van der Waals surface area contributed by atoms with E-state index in [0.717, 1.165) is 0 Å². The van der Waals surface area contributed by atoms with Gasteiger partial charge in [-0.2, -0.15) is 0 Å². The van der Waals surface area contributed by atoms with Crippen LogP contribution in [0.15, 0.2) is 24.3 Å². The third-order valence-corrected chi connectivity index (χ3v) is 3.14. The quantitative estimate of drug-likeness (QED) is 0.662. The Kier molecular flexibility index (Phi) is 4.58. The average Bonchev–Trinajstić information content (AvgIpc) is 2.17. The monoisotopic (exact) mass is 217 g/mol. The number of hydrogen-bond donors (Lipinski definition) is 0. The van der Waals surface area contributed by atoms with E-state index in [1.54, 1.807) is 5.92 Å². The van der Waals surface area contributed by atoms with Crippen LogP contribution in [-0.4, -0.2) is 0 Å². The van der Waals surface area contributed by atoms with E-state index in [2.05, 4.69) is 65.8 Å². The zero-order valence-electron chi connectivity index (χ0n) is 11.5. The molecule has 0 aliphatic heterocycles. The number of hydrogen-bond acceptors (Lipinski definition) is 0. The van der Waals surface area contributed by atoms with Crippen LogP contribution in [0.4, 0.5) is 0 Å². The molecule has 0 saturated heterocycles. The van der Waals surface area contributed by atoms with E-state index in [0.29, 0.717) is 17.8 Å². The summed E-state index contributed by atoms with van der Waals surface area (Å²) < 4.78 is 0. The van der Waals surface area contributed by atoms with E-state index in [1.807, 2.05) is 0 Å². The van der Waals surface area contributed by atoms with Crippen molar-refractivity contribution in [3.8, 4) is 0 Å². The van der Waals surface area contributed by atoms with Gasteiger partial charge in [-0.05, 0) is 28.9 Å². The third-order valence-electron chi connectivity index (χ3n) is 3.14. The van der Waals surface area contributed by atoms with Gasteiger partial charge in [-0.15, -0.1) is 0 Å². The highest BCUT2D eigenvalue weighted by atomic mass is 14.3. The standard InChI is InChI=1S/C16H25/c1-11(2)14-9-7-8-10-15(14)16(12(3)4)13(5)6/h7-13H,1-6H3. The first-order chi connectivity index (χ1) is 7.45. The number of benzene rings is 1. The lowest BCUT2D eigenvalue weighted by Gasteiger charge is -2.28. The van der Waals surface area contributed by atoms with Crippen molar-refractivity contribution in [1.82, 2.24) is 0 Å². The SMILES string of the molecule is CC(C)[C](c1ccccc1C(C)C)C(C)C. The molecule has 1 rings (SSSR count). The van der Waals surface area contributed by atoms with Crippen LogP contribution in [-0.2, 0) is 0 Å². The molecule has 1 radical (unpaired) electrons. The molecule has 1 aromatic carbocycles. The summed E-state index contributed by atoms with van der Waals surface area (Å²) in [5, 5.41) is 0. The second-order valence-corrected chi connectivity index (χ2v) is 5.51. The fraction of sp³-hybridized carbons (Fsp3) is 0.562. The Morgan fingerprint density at radius 1 is 0.812 bits per heavy atom. The zero-order chi connectivity index (χ0) is 12.3. The van der Waals surface area contributed by atoms with Gasteiger partial charge in [0.15, 0.2) is 0 Å². The molecule has 0 heterocycles. The molecule has 0 unspecified atom stereocenters. The summed E-state index contributed by atoms with van der Waals surface area (Å²) in [6.45, 7) is 13.7. The molecule has 0 atom stereocenters. The molecule has 0 nitrogen and oxygen atoms in total. The van der Waals surface area contributed by atoms with Crippen molar-refractivity contribution < 1.29 is 0 Å². The second kappa shape index (κ2) is 5.52. The molecule has 0 aliphatic carbocycles. The second-order valence-electron chi connectivity index (χ2n) is 5.51. The van der Waals surface area contributed by atoms with E-state index in [4.69, 9.17) is 0 Å². The number of rotatable bonds is 4. The molecular formula is C16H25. The van der Waals surface area contributed by atoms with Gasteiger partial charge in [-0.1, -0.05) is 65.8 Å². The molecule has 0 bridgehead atoms. The van der Waals surface area contributed by atoms with Gasteiger partial charge < -0.3 is 0 Å². The van der Waals surface area contributed by atoms with Crippen LogP contribution in [0.3, 0.4) is 0 Å². The van der Waals surface area contributed by atoms with Gasteiger partial charge in [0.25, 0.3) is 0 Å². The van der Waals surface area contributed by atoms with E-state index in [-0.39, 0.29) is 0 Å². The molecule has 0 spiro atoms. The molecule has 0 aliphatic rings. The minimum atomic E-state index is 0.601. The van der Waals surface area contributed by atoms with Crippen molar-refractivity contribution >= 4 is 0 Å². The highest BCUT2D eigenvalue weighted by Gasteiger charge is 2.23. The molecular weight excluding hydrogens is 192 g/mol. The Bertz CT molecular complexity index is 313. The van der Waals surface area contributed by atoms with Crippen LogP contribution in [0.25, 0.3) is 0 Å². The molecule has 0 fully saturated rings. The first kappa shape index (κ1) is 13.3. The minimum absolute atomic E-state index is 0.601. The highest BCUT2D eigenvalue weighted by Crippen LogP contribution is 2.35. The molecule has 89 valence electrons. The maximum atomic E-state index is 2.30. The van der Waals surface area contributed by atoms with E-state index >= 15 is 0 Å². The molecule has 0 aromatic heterocycles. The van der Waals surface area contributed by atoms with E-state index in [9.17, 15) is 0 Å². The molecule has 0 amide bonds. The summed E-state index contributed by atoms with van der Waals surface area (Å²) in [5.74, 6) is 3.44. The fourth-order valence-corrected chi connectivity index (χ4v) is 2.55. The Hall–Kier alpha value is -0.780. The molecule has 1 aromatic rings. The highest BCUT2D eigenvalue weighted by molar-refractivity contribution is 5.41. The summed E-state index contributed by atoms with van der Waals surface area (Å²) in [6, 6.07) is 8.86. The summed E-state index contributed by atoms with van der Waals surface area (Å²) in [7, 11) is 0. The van der Waals surface area contributed by atoms with Crippen LogP contribution < -0.4 is 0 Å². The first-order valence-corrected chi connectivity index (χ1v) is 6.41. The normalized spacial score (nSPS) is 12.1. The lowest BCUT2D eigenvalue weighted by Crippen LogP contribution is -2.16. The first-order valence-electron chi connectivity index (χ1n) is 6.41. The average molecular weight is 217 g/mol. The maximum Gasteiger partial charge on any atom is 0.0103 e. The minimum Gasteiger partial charge on any atom is -0.0620 e. The fourth-order valence-electron chi connectivity index (χ4n) is 2.55. The van der Waals surface area contributed by atoms with Gasteiger partial charge in [-0.25, -0.2) is 0 Å². The van der Waals surface area contributed by atoms with Crippen molar-refractivity contribution in [3.05, 3.63) is 41.3 Å². The molecule has 16 heavy (non-hydrogen) atoms.